The van der Waals surface area contributed by atoms with Gasteiger partial charge in [0.25, 0.3) is 0 Å². The molecule has 90 valence electrons. The van der Waals surface area contributed by atoms with Crippen LogP contribution >= 0.6 is 11.8 Å². The Kier molecular flexibility index (Phi) is 11.6. The molecule has 0 aliphatic heterocycles. The lowest BCUT2D eigenvalue weighted by atomic mass is 10.4. The topological polar surface area (TPSA) is 50.4 Å². The summed E-state index contributed by atoms with van der Waals surface area (Å²) in [7, 11) is 1.66. The van der Waals surface area contributed by atoms with Crippen LogP contribution in [0.3, 0.4) is 0 Å². The fourth-order valence-corrected chi connectivity index (χ4v) is 1.48. The van der Waals surface area contributed by atoms with Gasteiger partial charge < -0.3 is 15.4 Å². The molecule has 2 N–H and O–H groups in total. The molecule has 0 aromatic carbocycles. The maximum atomic E-state index is 11.2. The van der Waals surface area contributed by atoms with Crippen LogP contribution < -0.4 is 10.6 Å². The van der Waals surface area contributed by atoms with Gasteiger partial charge in [0.1, 0.15) is 0 Å². The van der Waals surface area contributed by atoms with Crippen molar-refractivity contribution in [2.75, 3.05) is 45.4 Å². The molecule has 1 amide bonds. The molecule has 0 aromatic heterocycles. The lowest BCUT2D eigenvalue weighted by Gasteiger charge is -2.05. The van der Waals surface area contributed by atoms with E-state index in [9.17, 15) is 4.79 Å². The van der Waals surface area contributed by atoms with Gasteiger partial charge in [0, 0.05) is 20.3 Å². The number of amides is 1. The largest absolute Gasteiger partial charge is 0.385 e. The van der Waals surface area contributed by atoms with E-state index in [1.54, 1.807) is 7.11 Å². The number of carbonyl (C=O) groups excluding carboxylic acids is 1. The molecule has 0 atom stereocenters. The first-order chi connectivity index (χ1) is 7.31. The van der Waals surface area contributed by atoms with Gasteiger partial charge in [0.2, 0.25) is 5.91 Å². The Morgan fingerprint density at radius 3 is 2.80 bits per heavy atom. The van der Waals surface area contributed by atoms with Gasteiger partial charge in [-0.05, 0) is 31.4 Å². The molecule has 0 radical (unpaired) electrons. The molecule has 0 rings (SSSR count). The highest BCUT2D eigenvalue weighted by Gasteiger charge is 1.98. The van der Waals surface area contributed by atoms with Gasteiger partial charge in [-0.1, -0.05) is 0 Å². The molecule has 0 heterocycles. The van der Waals surface area contributed by atoms with Crippen molar-refractivity contribution in [2.45, 2.75) is 12.8 Å². The zero-order valence-electron chi connectivity index (χ0n) is 9.67. The highest BCUT2D eigenvalue weighted by Crippen LogP contribution is 1.92. The number of hydrogen-bond acceptors (Lipinski definition) is 4. The Morgan fingerprint density at radius 2 is 2.13 bits per heavy atom. The summed E-state index contributed by atoms with van der Waals surface area (Å²) in [5.41, 5.74) is 0. The van der Waals surface area contributed by atoms with Crippen molar-refractivity contribution in [3.8, 4) is 0 Å². The Morgan fingerprint density at radius 1 is 1.33 bits per heavy atom. The van der Waals surface area contributed by atoms with Crippen LogP contribution in [0.25, 0.3) is 0 Å². The lowest BCUT2D eigenvalue weighted by Crippen LogP contribution is -2.35. The summed E-state index contributed by atoms with van der Waals surface area (Å²) < 4.78 is 4.88. The van der Waals surface area contributed by atoms with Crippen LogP contribution in [0.2, 0.25) is 0 Å². The molecule has 0 unspecified atom stereocenters. The van der Waals surface area contributed by atoms with E-state index in [1.165, 1.54) is 0 Å². The molecule has 4 nitrogen and oxygen atoms in total. The Bertz CT molecular complexity index is 156. The molecule has 5 heteroatoms. The van der Waals surface area contributed by atoms with Gasteiger partial charge in [0.05, 0.1) is 6.54 Å². The van der Waals surface area contributed by atoms with Crippen molar-refractivity contribution < 1.29 is 9.53 Å². The summed E-state index contributed by atoms with van der Waals surface area (Å²) in [5, 5.41) is 5.93. The number of hydrogen-bond donors (Lipinski definition) is 2. The Hall–Kier alpha value is -0.260. The molecule has 0 saturated heterocycles. The van der Waals surface area contributed by atoms with Gasteiger partial charge in [-0.15, -0.1) is 0 Å². The minimum Gasteiger partial charge on any atom is -0.385 e. The number of methoxy groups -OCH3 is 1. The van der Waals surface area contributed by atoms with Gasteiger partial charge in [0.15, 0.2) is 0 Å². The number of nitrogens with one attached hydrogen (secondary N) is 2. The zero-order chi connectivity index (χ0) is 11.4. The minimum absolute atomic E-state index is 0.0651. The fourth-order valence-electron chi connectivity index (χ4n) is 1.05. The van der Waals surface area contributed by atoms with E-state index in [1.807, 2.05) is 11.8 Å². The first-order valence-corrected chi connectivity index (χ1v) is 6.66. The summed E-state index contributed by atoms with van der Waals surface area (Å²) >= 11 is 1.83. The zero-order valence-corrected chi connectivity index (χ0v) is 10.5. The van der Waals surface area contributed by atoms with Crippen molar-refractivity contribution >= 4 is 17.7 Å². The van der Waals surface area contributed by atoms with Crippen LogP contribution in [0, 0.1) is 0 Å². The first-order valence-electron chi connectivity index (χ1n) is 5.26. The second kappa shape index (κ2) is 11.8. The summed E-state index contributed by atoms with van der Waals surface area (Å²) in [5.74, 6) is 1.21. The molecule has 0 aliphatic carbocycles. The normalized spacial score (nSPS) is 10.3. The second-order valence-corrected chi connectivity index (χ2v) is 4.21. The van der Waals surface area contributed by atoms with Gasteiger partial charge in [-0.2, -0.15) is 11.8 Å². The van der Waals surface area contributed by atoms with Crippen LogP contribution in [0.4, 0.5) is 0 Å². The highest BCUT2D eigenvalue weighted by molar-refractivity contribution is 7.98. The van der Waals surface area contributed by atoms with Crippen molar-refractivity contribution in [1.29, 1.82) is 0 Å². The third-order valence-electron chi connectivity index (χ3n) is 1.83. The van der Waals surface area contributed by atoms with Gasteiger partial charge in [-0.25, -0.2) is 0 Å². The quantitative estimate of drug-likeness (QED) is 0.540. The SMILES string of the molecule is COCCCNC(=O)CNCCCSC. The predicted molar refractivity (Wildman–Crippen MR) is 65.4 cm³/mol. The molecule has 0 aromatic rings. The maximum Gasteiger partial charge on any atom is 0.233 e. The first kappa shape index (κ1) is 14.7. The fraction of sp³-hybridized carbons (Fsp3) is 0.900. The van der Waals surface area contributed by atoms with Gasteiger partial charge >= 0.3 is 0 Å². The van der Waals surface area contributed by atoms with Crippen molar-refractivity contribution in [1.82, 2.24) is 10.6 Å². The number of ether oxygens (including phenoxy) is 1. The minimum atomic E-state index is 0.0651. The van der Waals surface area contributed by atoms with Crippen LogP contribution in [-0.2, 0) is 9.53 Å². The second-order valence-electron chi connectivity index (χ2n) is 3.22. The van der Waals surface area contributed by atoms with E-state index in [-0.39, 0.29) is 5.91 Å². The van der Waals surface area contributed by atoms with Crippen molar-refractivity contribution in [3.63, 3.8) is 0 Å². The van der Waals surface area contributed by atoms with E-state index in [4.69, 9.17) is 4.74 Å². The van der Waals surface area contributed by atoms with Crippen LogP contribution in [0.1, 0.15) is 12.8 Å². The molecule has 0 fully saturated rings. The Balaban J connectivity index is 3.11. The molecule has 15 heavy (non-hydrogen) atoms. The average Bonchev–Trinajstić information content (AvgIpc) is 2.24. The summed E-state index contributed by atoms with van der Waals surface area (Å²) in [6.07, 6.45) is 4.06. The number of rotatable bonds is 10. The van der Waals surface area contributed by atoms with Crippen molar-refractivity contribution in [3.05, 3.63) is 0 Å². The average molecular weight is 234 g/mol. The molecular weight excluding hydrogens is 212 g/mol. The van der Waals surface area contributed by atoms with Crippen LogP contribution in [-0.4, -0.2) is 51.3 Å². The molecule has 0 bridgehead atoms. The standard InChI is InChI=1S/C10H22N2O2S/c1-14-7-3-6-12-10(13)9-11-5-4-8-15-2/h11H,3-9H2,1-2H3,(H,12,13). The van der Waals surface area contributed by atoms with Crippen LogP contribution in [0.5, 0.6) is 0 Å². The third-order valence-corrected chi connectivity index (χ3v) is 2.53. The summed E-state index contributed by atoms with van der Waals surface area (Å²) in [4.78, 5) is 11.2. The van der Waals surface area contributed by atoms with Gasteiger partial charge in [-0.3, -0.25) is 4.79 Å². The van der Waals surface area contributed by atoms with E-state index < -0.39 is 0 Å². The van der Waals surface area contributed by atoms with E-state index in [2.05, 4.69) is 16.9 Å². The smallest absolute Gasteiger partial charge is 0.233 e. The van der Waals surface area contributed by atoms with E-state index in [0.29, 0.717) is 19.7 Å². The molecule has 0 saturated carbocycles. The molecule has 0 aliphatic rings. The van der Waals surface area contributed by atoms with E-state index in [0.717, 1.165) is 25.1 Å². The lowest BCUT2D eigenvalue weighted by molar-refractivity contribution is -0.120. The molecule has 0 spiro atoms. The van der Waals surface area contributed by atoms with E-state index >= 15 is 0 Å². The predicted octanol–water partition coefficient (Wildman–Crippen LogP) is 0.482. The van der Waals surface area contributed by atoms with Crippen molar-refractivity contribution in [2.24, 2.45) is 0 Å². The number of thioether (sulfide) groups is 1. The monoisotopic (exact) mass is 234 g/mol. The summed E-state index contributed by atoms with van der Waals surface area (Å²) in [6.45, 7) is 2.72. The third kappa shape index (κ3) is 11.7. The Labute approximate surface area is 96.5 Å². The molecular formula is C10H22N2O2S. The highest BCUT2D eigenvalue weighted by atomic mass is 32.2. The van der Waals surface area contributed by atoms with Crippen LogP contribution in [0.15, 0.2) is 0 Å². The number of carbonyl (C=O) groups is 1. The summed E-state index contributed by atoms with van der Waals surface area (Å²) in [6, 6.07) is 0. The maximum absolute atomic E-state index is 11.2.